The Balaban J connectivity index is 2.10. The number of aromatic amines is 1. The Morgan fingerprint density at radius 1 is 1.04 bits per heavy atom. The maximum atomic E-state index is 10.1. The first-order chi connectivity index (χ1) is 11.5. The van der Waals surface area contributed by atoms with Gasteiger partial charge < -0.3 is 19.6 Å². The molecule has 8 heteroatoms. The van der Waals surface area contributed by atoms with E-state index in [1.165, 1.54) is 14.2 Å². The molecule has 0 aliphatic carbocycles. The SMILES string of the molecule is COc1cc2[nH]c(O)c(N=Nc3cccc(Cl)c3Cl)c2cc1OC. The third-order valence-corrected chi connectivity index (χ3v) is 4.25. The number of azo groups is 1. The van der Waals surface area contributed by atoms with E-state index in [1.54, 1.807) is 30.3 Å². The Kier molecular flexibility index (Phi) is 4.51. The van der Waals surface area contributed by atoms with Gasteiger partial charge in [0.05, 0.1) is 29.8 Å². The second-order valence-electron chi connectivity index (χ2n) is 4.85. The molecule has 1 heterocycles. The van der Waals surface area contributed by atoms with Crippen molar-refractivity contribution in [2.45, 2.75) is 0 Å². The Morgan fingerprint density at radius 3 is 2.46 bits per heavy atom. The molecule has 124 valence electrons. The minimum Gasteiger partial charge on any atom is -0.493 e. The van der Waals surface area contributed by atoms with Gasteiger partial charge in [-0.3, -0.25) is 0 Å². The minimum absolute atomic E-state index is 0.123. The van der Waals surface area contributed by atoms with Gasteiger partial charge in [0.2, 0.25) is 5.88 Å². The molecule has 24 heavy (non-hydrogen) atoms. The van der Waals surface area contributed by atoms with Crippen LogP contribution in [-0.2, 0) is 0 Å². The number of aromatic nitrogens is 1. The van der Waals surface area contributed by atoms with E-state index in [0.717, 1.165) is 0 Å². The number of methoxy groups -OCH3 is 2. The van der Waals surface area contributed by atoms with E-state index in [0.29, 0.717) is 38.1 Å². The van der Waals surface area contributed by atoms with Crippen LogP contribution in [0.2, 0.25) is 10.0 Å². The average molecular weight is 366 g/mol. The van der Waals surface area contributed by atoms with E-state index in [2.05, 4.69) is 15.2 Å². The van der Waals surface area contributed by atoms with E-state index in [9.17, 15) is 5.11 Å². The molecule has 2 N–H and O–H groups in total. The number of halogens is 2. The van der Waals surface area contributed by atoms with E-state index in [1.807, 2.05) is 0 Å². The lowest BCUT2D eigenvalue weighted by Gasteiger charge is -2.07. The van der Waals surface area contributed by atoms with Gasteiger partial charge in [-0.1, -0.05) is 29.3 Å². The molecule has 0 amide bonds. The smallest absolute Gasteiger partial charge is 0.218 e. The van der Waals surface area contributed by atoms with Crippen molar-refractivity contribution in [3.8, 4) is 17.4 Å². The van der Waals surface area contributed by atoms with Gasteiger partial charge in [-0.25, -0.2) is 0 Å². The lowest BCUT2D eigenvalue weighted by molar-refractivity contribution is 0.356. The average Bonchev–Trinajstić information content (AvgIpc) is 2.89. The summed E-state index contributed by atoms with van der Waals surface area (Å²) in [6, 6.07) is 8.46. The third kappa shape index (κ3) is 2.86. The molecule has 0 atom stereocenters. The molecule has 0 unspecified atom stereocenters. The number of benzene rings is 2. The topological polar surface area (TPSA) is 79.2 Å². The van der Waals surface area contributed by atoms with Crippen molar-refractivity contribution in [3.63, 3.8) is 0 Å². The largest absolute Gasteiger partial charge is 0.493 e. The molecule has 0 radical (unpaired) electrons. The lowest BCUT2D eigenvalue weighted by atomic mass is 10.2. The van der Waals surface area contributed by atoms with Crippen molar-refractivity contribution in [2.24, 2.45) is 10.2 Å². The molecule has 0 aliphatic heterocycles. The number of hydrogen-bond donors (Lipinski definition) is 2. The van der Waals surface area contributed by atoms with Gasteiger partial charge in [0, 0.05) is 11.5 Å². The second kappa shape index (κ2) is 6.59. The lowest BCUT2D eigenvalue weighted by Crippen LogP contribution is -1.89. The fourth-order valence-corrected chi connectivity index (χ4v) is 2.60. The number of hydrogen-bond acceptors (Lipinski definition) is 5. The van der Waals surface area contributed by atoms with E-state index in [-0.39, 0.29) is 11.6 Å². The van der Waals surface area contributed by atoms with Crippen molar-refractivity contribution >= 4 is 45.5 Å². The van der Waals surface area contributed by atoms with Gasteiger partial charge >= 0.3 is 0 Å². The Labute approximate surface area is 147 Å². The van der Waals surface area contributed by atoms with Crippen LogP contribution in [0.4, 0.5) is 11.4 Å². The number of ether oxygens (including phenoxy) is 2. The monoisotopic (exact) mass is 365 g/mol. The quantitative estimate of drug-likeness (QED) is 0.589. The van der Waals surface area contributed by atoms with Gasteiger partial charge in [0.25, 0.3) is 0 Å². The van der Waals surface area contributed by atoms with Crippen molar-refractivity contribution in [2.75, 3.05) is 14.2 Å². The molecule has 6 nitrogen and oxygen atoms in total. The molecule has 0 saturated carbocycles. The first kappa shape index (κ1) is 16.4. The number of H-pyrrole nitrogens is 1. The molecule has 3 rings (SSSR count). The fourth-order valence-electron chi connectivity index (χ4n) is 2.27. The summed E-state index contributed by atoms with van der Waals surface area (Å²) in [6.07, 6.45) is 0. The number of aromatic hydroxyl groups is 1. The zero-order valence-electron chi connectivity index (χ0n) is 12.8. The summed E-state index contributed by atoms with van der Waals surface area (Å²) in [5.74, 6) is 0.927. The highest BCUT2D eigenvalue weighted by Crippen LogP contribution is 2.42. The van der Waals surface area contributed by atoms with Crippen LogP contribution >= 0.6 is 23.2 Å². The van der Waals surface area contributed by atoms with Crippen molar-refractivity contribution in [3.05, 3.63) is 40.4 Å². The van der Waals surface area contributed by atoms with Gasteiger partial charge in [0.15, 0.2) is 17.2 Å². The van der Waals surface area contributed by atoms with Gasteiger partial charge in [-0.2, -0.15) is 0 Å². The summed E-state index contributed by atoms with van der Waals surface area (Å²) in [6.45, 7) is 0. The van der Waals surface area contributed by atoms with Crippen LogP contribution in [0.15, 0.2) is 40.6 Å². The summed E-state index contributed by atoms with van der Waals surface area (Å²) in [7, 11) is 3.07. The normalized spacial score (nSPS) is 11.3. The van der Waals surface area contributed by atoms with E-state index in [4.69, 9.17) is 32.7 Å². The van der Waals surface area contributed by atoms with Crippen LogP contribution in [-0.4, -0.2) is 24.3 Å². The highest BCUT2D eigenvalue weighted by atomic mass is 35.5. The molecular weight excluding hydrogens is 353 g/mol. The predicted octanol–water partition coefficient (Wildman–Crippen LogP) is 5.61. The molecule has 0 aliphatic rings. The third-order valence-electron chi connectivity index (χ3n) is 3.45. The first-order valence-corrected chi connectivity index (χ1v) is 7.63. The van der Waals surface area contributed by atoms with Crippen molar-refractivity contribution in [1.82, 2.24) is 4.98 Å². The predicted molar refractivity (Wildman–Crippen MR) is 93.7 cm³/mol. The molecule has 3 aromatic rings. The standard InChI is InChI=1S/C16H13Cl2N3O3/c1-23-12-6-8-11(7-13(12)24-2)19-16(22)15(8)21-20-10-5-3-4-9(17)14(10)18/h3-7,19,22H,1-2H3. The maximum Gasteiger partial charge on any atom is 0.218 e. The summed E-state index contributed by atoms with van der Waals surface area (Å²) in [5.41, 5.74) is 1.30. The van der Waals surface area contributed by atoms with E-state index >= 15 is 0 Å². The Bertz CT molecular complexity index is 938. The number of fused-ring (bicyclic) bond motifs is 1. The van der Waals surface area contributed by atoms with Crippen molar-refractivity contribution in [1.29, 1.82) is 0 Å². The van der Waals surface area contributed by atoms with Crippen LogP contribution < -0.4 is 9.47 Å². The summed E-state index contributed by atoms with van der Waals surface area (Å²) in [5, 5.41) is 19.6. The van der Waals surface area contributed by atoms with Crippen LogP contribution in [0.1, 0.15) is 0 Å². The van der Waals surface area contributed by atoms with Crippen LogP contribution in [0.5, 0.6) is 17.4 Å². The number of rotatable bonds is 4. The molecular formula is C16H13Cl2N3O3. The second-order valence-corrected chi connectivity index (χ2v) is 5.63. The molecule has 0 saturated heterocycles. The summed E-state index contributed by atoms with van der Waals surface area (Å²) in [4.78, 5) is 2.82. The zero-order chi connectivity index (χ0) is 17.3. The summed E-state index contributed by atoms with van der Waals surface area (Å²) >= 11 is 12.0. The van der Waals surface area contributed by atoms with Gasteiger partial charge in [0.1, 0.15) is 5.69 Å². The first-order valence-electron chi connectivity index (χ1n) is 6.87. The van der Waals surface area contributed by atoms with Gasteiger partial charge in [-0.05, 0) is 18.2 Å². The molecule has 0 fully saturated rings. The maximum absolute atomic E-state index is 10.1. The van der Waals surface area contributed by atoms with Crippen molar-refractivity contribution < 1.29 is 14.6 Å². The van der Waals surface area contributed by atoms with Crippen LogP contribution in [0.3, 0.4) is 0 Å². The summed E-state index contributed by atoms with van der Waals surface area (Å²) < 4.78 is 10.5. The number of nitrogens with one attached hydrogen (secondary N) is 1. The van der Waals surface area contributed by atoms with Gasteiger partial charge in [-0.15, -0.1) is 10.2 Å². The zero-order valence-corrected chi connectivity index (χ0v) is 14.3. The highest BCUT2D eigenvalue weighted by Gasteiger charge is 2.15. The molecule has 1 aromatic heterocycles. The van der Waals surface area contributed by atoms with Crippen LogP contribution in [0.25, 0.3) is 10.9 Å². The Hall–Kier alpha value is -2.44. The number of nitrogens with zero attached hydrogens (tertiary/aromatic N) is 2. The highest BCUT2D eigenvalue weighted by molar-refractivity contribution is 6.43. The molecule has 2 aromatic carbocycles. The van der Waals surface area contributed by atoms with E-state index < -0.39 is 0 Å². The minimum atomic E-state index is -0.123. The molecule has 0 spiro atoms. The molecule has 0 bridgehead atoms. The fraction of sp³-hybridized carbons (Fsp3) is 0.125. The van der Waals surface area contributed by atoms with Crippen LogP contribution in [0, 0.1) is 0 Å². The Morgan fingerprint density at radius 2 is 1.75 bits per heavy atom.